The molecule has 0 unspecified atom stereocenters. The number of hydrogen-bond acceptors (Lipinski definition) is 6. The summed E-state index contributed by atoms with van der Waals surface area (Å²) in [6, 6.07) is 22.4. The van der Waals surface area contributed by atoms with Gasteiger partial charge >= 0.3 is 0 Å². The van der Waals surface area contributed by atoms with Crippen molar-refractivity contribution in [1.29, 1.82) is 0 Å². The first-order valence-electron chi connectivity index (χ1n) is 10.7. The highest BCUT2D eigenvalue weighted by molar-refractivity contribution is 6.16. The second-order valence-electron chi connectivity index (χ2n) is 7.80. The number of aromatic nitrogens is 3. The molecule has 2 aromatic heterocycles. The number of amides is 1. The average Bonchev–Trinajstić information content (AvgIpc) is 3.12. The first-order valence-corrected chi connectivity index (χ1v) is 10.7. The van der Waals surface area contributed by atoms with Crippen LogP contribution in [-0.4, -0.2) is 33.9 Å². The molecule has 0 spiro atoms. The molecule has 2 heterocycles. The number of rotatable bonds is 5. The largest absolute Gasteiger partial charge is 0.497 e. The Morgan fingerprint density at radius 2 is 1.76 bits per heavy atom. The van der Waals surface area contributed by atoms with Crippen LogP contribution in [0.2, 0.25) is 0 Å². The number of hydrogen-bond donors (Lipinski definition) is 2. The zero-order valence-electron chi connectivity index (χ0n) is 18.7. The van der Waals surface area contributed by atoms with Crippen LogP contribution in [0.1, 0.15) is 21.5 Å². The van der Waals surface area contributed by atoms with Gasteiger partial charge in [0.1, 0.15) is 22.6 Å². The number of methoxy groups -OCH3 is 1. The van der Waals surface area contributed by atoms with Crippen LogP contribution in [0.3, 0.4) is 0 Å². The molecular formula is C26H22N6O2. The second-order valence-corrected chi connectivity index (χ2v) is 7.80. The van der Waals surface area contributed by atoms with Crippen molar-refractivity contribution in [2.45, 2.75) is 6.92 Å². The van der Waals surface area contributed by atoms with Crippen molar-refractivity contribution in [3.63, 3.8) is 0 Å². The zero-order valence-corrected chi connectivity index (χ0v) is 18.7. The van der Waals surface area contributed by atoms with Crippen LogP contribution >= 0.6 is 0 Å². The summed E-state index contributed by atoms with van der Waals surface area (Å²) < 4.78 is 6.72. The van der Waals surface area contributed by atoms with Crippen molar-refractivity contribution in [3.8, 4) is 5.75 Å². The lowest BCUT2D eigenvalue weighted by Crippen LogP contribution is -2.14. The lowest BCUT2D eigenvalue weighted by atomic mass is 10.2. The SMILES string of the molecule is COc1cccc(/C=N/n2c(N)c(C(=O)Nc3ccc(C)cc3)c3nc4ccccc4nc32)c1. The number of anilines is 2. The number of nitrogens with zero attached hydrogens (tertiary/aromatic N) is 4. The number of ether oxygens (including phenoxy) is 1. The molecule has 0 aliphatic rings. The molecule has 0 radical (unpaired) electrons. The van der Waals surface area contributed by atoms with Crippen LogP contribution in [0, 0.1) is 6.92 Å². The Morgan fingerprint density at radius 3 is 2.50 bits per heavy atom. The van der Waals surface area contributed by atoms with E-state index >= 15 is 0 Å². The van der Waals surface area contributed by atoms with E-state index in [1.165, 1.54) is 4.68 Å². The number of carbonyl (C=O) groups is 1. The molecule has 34 heavy (non-hydrogen) atoms. The minimum Gasteiger partial charge on any atom is -0.497 e. The van der Waals surface area contributed by atoms with Crippen molar-refractivity contribution in [1.82, 2.24) is 14.6 Å². The fourth-order valence-electron chi connectivity index (χ4n) is 3.66. The highest BCUT2D eigenvalue weighted by Crippen LogP contribution is 2.29. The summed E-state index contributed by atoms with van der Waals surface area (Å²) in [6.07, 6.45) is 1.64. The third-order valence-corrected chi connectivity index (χ3v) is 5.43. The van der Waals surface area contributed by atoms with E-state index in [-0.39, 0.29) is 17.3 Å². The molecule has 0 bridgehead atoms. The molecule has 0 saturated carbocycles. The van der Waals surface area contributed by atoms with Gasteiger partial charge in [-0.15, -0.1) is 0 Å². The normalized spacial score (nSPS) is 11.4. The molecule has 5 aromatic rings. The smallest absolute Gasteiger partial charge is 0.261 e. The first-order chi connectivity index (χ1) is 16.5. The predicted octanol–water partition coefficient (Wildman–Crippen LogP) is 4.62. The molecule has 8 heteroatoms. The molecule has 0 fully saturated rings. The van der Waals surface area contributed by atoms with E-state index < -0.39 is 0 Å². The number of para-hydroxylation sites is 2. The molecule has 0 aliphatic heterocycles. The standard InChI is InChI=1S/C26H22N6O2/c1-16-10-12-18(13-11-16)29-26(33)22-23-25(31-21-9-4-3-8-20(21)30-23)32(24(22)27)28-15-17-6-5-7-19(14-17)34-2/h3-15H,27H2,1-2H3,(H,29,33)/b28-15+. The number of benzene rings is 3. The number of carbonyl (C=O) groups excluding carboxylic acids is 1. The minimum absolute atomic E-state index is 0.147. The minimum atomic E-state index is -0.383. The van der Waals surface area contributed by atoms with Gasteiger partial charge in [-0.25, -0.2) is 9.97 Å². The van der Waals surface area contributed by atoms with Crippen molar-refractivity contribution in [3.05, 3.63) is 89.5 Å². The van der Waals surface area contributed by atoms with Crippen LogP contribution in [0.4, 0.5) is 11.5 Å². The molecule has 3 aromatic carbocycles. The van der Waals surface area contributed by atoms with Crippen molar-refractivity contribution in [2.24, 2.45) is 5.10 Å². The van der Waals surface area contributed by atoms with Crippen LogP contribution in [0.25, 0.3) is 22.2 Å². The number of nitrogens with one attached hydrogen (secondary N) is 1. The number of aryl methyl sites for hydroxylation is 1. The number of nitrogen functional groups attached to an aromatic ring is 1. The fraction of sp³-hybridized carbons (Fsp3) is 0.0769. The van der Waals surface area contributed by atoms with E-state index in [0.29, 0.717) is 33.6 Å². The van der Waals surface area contributed by atoms with Gasteiger partial charge in [0.2, 0.25) is 0 Å². The lowest BCUT2D eigenvalue weighted by molar-refractivity contribution is 0.102. The van der Waals surface area contributed by atoms with Gasteiger partial charge in [-0.05, 0) is 48.9 Å². The Hall–Kier alpha value is -4.72. The molecule has 3 N–H and O–H groups in total. The Balaban J connectivity index is 1.64. The van der Waals surface area contributed by atoms with Gasteiger partial charge in [-0.2, -0.15) is 9.78 Å². The van der Waals surface area contributed by atoms with Gasteiger partial charge in [0.25, 0.3) is 5.91 Å². The monoisotopic (exact) mass is 450 g/mol. The Bertz CT molecular complexity index is 1550. The number of nitrogens with two attached hydrogens (primary N) is 1. The van der Waals surface area contributed by atoms with E-state index in [2.05, 4.69) is 10.4 Å². The summed E-state index contributed by atoms with van der Waals surface area (Å²) in [5.74, 6) is 0.471. The van der Waals surface area contributed by atoms with Crippen molar-refractivity contribution >= 4 is 45.8 Å². The average molecular weight is 451 g/mol. The molecule has 0 atom stereocenters. The van der Waals surface area contributed by atoms with E-state index in [1.807, 2.05) is 79.7 Å². The Morgan fingerprint density at radius 1 is 1.03 bits per heavy atom. The summed E-state index contributed by atoms with van der Waals surface area (Å²) in [7, 11) is 1.60. The van der Waals surface area contributed by atoms with Gasteiger partial charge in [0.05, 0.1) is 24.4 Å². The topological polar surface area (TPSA) is 107 Å². The summed E-state index contributed by atoms with van der Waals surface area (Å²) in [6.45, 7) is 1.98. The molecule has 0 saturated heterocycles. The van der Waals surface area contributed by atoms with E-state index in [4.69, 9.17) is 20.4 Å². The zero-order chi connectivity index (χ0) is 23.7. The maximum atomic E-state index is 13.3. The summed E-state index contributed by atoms with van der Waals surface area (Å²) in [5, 5.41) is 7.44. The molecule has 168 valence electrons. The van der Waals surface area contributed by atoms with Crippen LogP contribution in [0.5, 0.6) is 5.75 Å². The van der Waals surface area contributed by atoms with Gasteiger partial charge in [-0.3, -0.25) is 4.79 Å². The van der Waals surface area contributed by atoms with Crippen LogP contribution < -0.4 is 15.8 Å². The lowest BCUT2D eigenvalue weighted by Gasteiger charge is -2.06. The van der Waals surface area contributed by atoms with Gasteiger partial charge in [0, 0.05) is 5.69 Å². The van der Waals surface area contributed by atoms with Crippen molar-refractivity contribution in [2.75, 3.05) is 18.2 Å². The number of fused-ring (bicyclic) bond motifs is 2. The van der Waals surface area contributed by atoms with Gasteiger partial charge in [0.15, 0.2) is 5.65 Å². The maximum Gasteiger partial charge on any atom is 0.261 e. The maximum absolute atomic E-state index is 13.3. The predicted molar refractivity (Wildman–Crippen MR) is 135 cm³/mol. The second kappa shape index (κ2) is 8.67. The third kappa shape index (κ3) is 3.93. The van der Waals surface area contributed by atoms with E-state index in [0.717, 1.165) is 11.1 Å². The third-order valence-electron chi connectivity index (χ3n) is 5.43. The highest BCUT2D eigenvalue weighted by Gasteiger charge is 2.24. The molecule has 5 rings (SSSR count). The van der Waals surface area contributed by atoms with E-state index in [1.54, 1.807) is 13.3 Å². The van der Waals surface area contributed by atoms with E-state index in [9.17, 15) is 4.79 Å². The first kappa shape index (κ1) is 21.1. The van der Waals surface area contributed by atoms with Gasteiger partial charge < -0.3 is 15.8 Å². The summed E-state index contributed by atoms with van der Waals surface area (Å²) in [5.41, 5.74) is 11.3. The Labute approximate surface area is 195 Å². The highest BCUT2D eigenvalue weighted by atomic mass is 16.5. The molecule has 0 aliphatic carbocycles. The summed E-state index contributed by atoms with van der Waals surface area (Å²) in [4.78, 5) is 22.7. The molecule has 1 amide bonds. The molecular weight excluding hydrogens is 428 g/mol. The van der Waals surface area contributed by atoms with Gasteiger partial charge in [-0.1, -0.05) is 42.0 Å². The fourth-order valence-corrected chi connectivity index (χ4v) is 3.66. The van der Waals surface area contributed by atoms with Crippen LogP contribution in [-0.2, 0) is 0 Å². The molecule has 8 nitrogen and oxygen atoms in total. The summed E-state index contributed by atoms with van der Waals surface area (Å²) >= 11 is 0. The van der Waals surface area contributed by atoms with Crippen molar-refractivity contribution < 1.29 is 9.53 Å². The quantitative estimate of drug-likeness (QED) is 0.380. The van der Waals surface area contributed by atoms with Crippen LogP contribution in [0.15, 0.2) is 77.9 Å². The Kier molecular flexibility index (Phi) is 5.39.